The monoisotopic (exact) mass is 649 g/mol. The number of likely N-dealkylation sites (tertiary alicyclic amines) is 1. The van der Waals surface area contributed by atoms with E-state index in [1.807, 2.05) is 0 Å². The molecule has 0 unspecified atom stereocenters. The highest BCUT2D eigenvalue weighted by Gasteiger charge is 2.48. The zero-order valence-corrected chi connectivity index (χ0v) is 26.7. The number of ether oxygens (including phenoxy) is 1. The second-order valence-corrected chi connectivity index (χ2v) is 14.4. The smallest absolute Gasteiger partial charge is 0.342 e. The predicted octanol–water partition coefficient (Wildman–Crippen LogP) is 3.22. The number of carbonyl (C=O) groups excluding carboxylic acids is 2. The second-order valence-electron chi connectivity index (χ2n) is 12.2. The third-order valence-electron chi connectivity index (χ3n) is 8.76. The summed E-state index contributed by atoms with van der Waals surface area (Å²) in [4.78, 5) is 39.2. The number of halogens is 2. The van der Waals surface area contributed by atoms with Gasteiger partial charge in [0.05, 0.1) is 31.3 Å². The molecule has 45 heavy (non-hydrogen) atoms. The molecule has 5 rings (SSSR count). The summed E-state index contributed by atoms with van der Waals surface area (Å²) < 4.78 is 58.1. The van der Waals surface area contributed by atoms with E-state index in [-0.39, 0.29) is 41.2 Å². The van der Waals surface area contributed by atoms with Crippen LogP contribution in [0.1, 0.15) is 55.3 Å². The summed E-state index contributed by atoms with van der Waals surface area (Å²) in [6, 6.07) is 4.78. The van der Waals surface area contributed by atoms with Crippen LogP contribution in [0.25, 0.3) is 0 Å². The van der Waals surface area contributed by atoms with Crippen LogP contribution in [0.2, 0.25) is 0 Å². The van der Waals surface area contributed by atoms with Gasteiger partial charge in [0.25, 0.3) is 11.8 Å². The number of fused-ring (bicyclic) bond motifs is 1. The number of amides is 2. The lowest BCUT2D eigenvalue weighted by atomic mass is 10.0. The molecule has 15 heteroatoms. The maximum absolute atomic E-state index is 14.9. The number of hydrogen-bond acceptors (Lipinski definition) is 10. The van der Waals surface area contributed by atoms with E-state index in [1.54, 1.807) is 23.1 Å². The summed E-state index contributed by atoms with van der Waals surface area (Å²) in [6.07, 6.45) is 8.06. The van der Waals surface area contributed by atoms with Gasteiger partial charge in [-0.05, 0) is 56.8 Å². The van der Waals surface area contributed by atoms with Gasteiger partial charge < -0.3 is 30.1 Å². The van der Waals surface area contributed by atoms with Crippen molar-refractivity contribution in [3.05, 3.63) is 30.0 Å². The summed E-state index contributed by atoms with van der Waals surface area (Å²) >= 11 is 0. The van der Waals surface area contributed by atoms with E-state index in [9.17, 15) is 26.8 Å². The van der Waals surface area contributed by atoms with Gasteiger partial charge in [0.1, 0.15) is 21.3 Å². The molecule has 0 bridgehead atoms. The topological polar surface area (TPSA) is 137 Å². The van der Waals surface area contributed by atoms with Gasteiger partial charge in [-0.15, -0.1) is 0 Å². The van der Waals surface area contributed by atoms with Gasteiger partial charge in [-0.25, -0.2) is 13.4 Å². The summed E-state index contributed by atoms with van der Waals surface area (Å²) in [7, 11) is -0.189. The normalized spacial score (nSPS) is 19.7. The first-order chi connectivity index (χ1) is 21.3. The highest BCUT2D eigenvalue weighted by molar-refractivity contribution is 7.90. The van der Waals surface area contributed by atoms with Crippen molar-refractivity contribution in [3.8, 4) is 5.75 Å². The highest BCUT2D eigenvalue weighted by Crippen LogP contribution is 2.40. The molecule has 1 aromatic carbocycles. The average Bonchev–Trinajstić information content (AvgIpc) is 3.52. The van der Waals surface area contributed by atoms with Crippen LogP contribution < -0.4 is 25.2 Å². The third kappa shape index (κ3) is 7.80. The molecule has 0 radical (unpaired) electrons. The van der Waals surface area contributed by atoms with Crippen molar-refractivity contribution in [2.24, 2.45) is 0 Å². The molecule has 2 fully saturated rings. The average molecular weight is 650 g/mol. The number of alkyl halides is 2. The lowest BCUT2D eigenvalue weighted by Crippen LogP contribution is -2.48. The quantitative estimate of drug-likeness (QED) is 0.395. The van der Waals surface area contributed by atoms with E-state index < -0.39 is 28.2 Å². The van der Waals surface area contributed by atoms with E-state index in [2.05, 4.69) is 25.5 Å². The minimum Gasteiger partial charge on any atom is -0.495 e. The maximum atomic E-state index is 14.9. The van der Waals surface area contributed by atoms with Crippen molar-refractivity contribution in [1.29, 1.82) is 0 Å². The number of piperidine rings is 1. The number of nitrogens with one attached hydrogen (secondary N) is 2. The number of methoxy groups -OCH3 is 1. The molecule has 1 aromatic heterocycles. The molecule has 3 aliphatic rings. The van der Waals surface area contributed by atoms with Gasteiger partial charge in [0.15, 0.2) is 5.82 Å². The van der Waals surface area contributed by atoms with Gasteiger partial charge in [-0.1, -0.05) is 12.8 Å². The van der Waals surface area contributed by atoms with Crippen LogP contribution in [0.4, 0.5) is 31.9 Å². The Kier molecular flexibility index (Phi) is 9.77. The molecular formula is C30H41F2N7O5S. The van der Waals surface area contributed by atoms with Gasteiger partial charge in [-0.3, -0.25) is 9.59 Å². The lowest BCUT2D eigenvalue weighted by Gasteiger charge is -2.32. The number of carbonyl (C=O) groups is 2. The minimum atomic E-state index is -3.57. The van der Waals surface area contributed by atoms with E-state index >= 15 is 0 Å². The van der Waals surface area contributed by atoms with Gasteiger partial charge in [0.2, 0.25) is 5.95 Å². The van der Waals surface area contributed by atoms with Crippen LogP contribution in [0.5, 0.6) is 5.75 Å². The van der Waals surface area contributed by atoms with Gasteiger partial charge >= 0.3 is 5.92 Å². The molecule has 2 aliphatic heterocycles. The fraction of sp³-hybridized carbons (Fsp3) is 0.600. The Labute approximate surface area is 262 Å². The number of anilines is 4. The standard InChI is InChI=1S/C30H41F2N7O5S/c1-37-24-18-33-29(36-26(24)39(22-7-4-5-8-22)19-30(31,32)28(37)41)35-23-10-9-20(17-25(23)44-2)27(40)34-21-11-14-38(15-12-21)13-6-16-45(3,42)43/h9-10,17-18,21-22H,4-8,11-16,19H2,1-3H3,(H,34,40)(H,33,35,36). The third-order valence-corrected chi connectivity index (χ3v) is 9.79. The van der Waals surface area contributed by atoms with Crippen LogP contribution in [-0.4, -0.2) is 105 Å². The van der Waals surface area contributed by atoms with Crippen molar-refractivity contribution < 1.29 is 31.5 Å². The Balaban J connectivity index is 1.26. The van der Waals surface area contributed by atoms with Gasteiger partial charge in [-0.2, -0.15) is 13.8 Å². The SMILES string of the molecule is COc1cc(C(=O)NC2CCN(CCCS(C)(=O)=O)CC2)ccc1Nc1ncc2c(n1)N(C1CCCC1)CC(F)(F)C(=O)N2C. The second kappa shape index (κ2) is 13.4. The zero-order chi connectivity index (χ0) is 32.4. The number of aromatic nitrogens is 2. The molecule has 1 saturated carbocycles. The molecule has 1 aliphatic carbocycles. The van der Waals surface area contributed by atoms with Crippen LogP contribution in [-0.2, 0) is 14.6 Å². The number of sulfone groups is 1. The van der Waals surface area contributed by atoms with Crippen molar-refractivity contribution in [3.63, 3.8) is 0 Å². The van der Waals surface area contributed by atoms with Crippen LogP contribution in [0, 0.1) is 0 Å². The van der Waals surface area contributed by atoms with Crippen LogP contribution >= 0.6 is 0 Å². The highest BCUT2D eigenvalue weighted by atomic mass is 32.2. The van der Waals surface area contributed by atoms with Crippen molar-refractivity contribution in [2.45, 2.75) is 63.0 Å². The number of hydrogen-bond donors (Lipinski definition) is 2. The molecule has 12 nitrogen and oxygen atoms in total. The first-order valence-electron chi connectivity index (χ1n) is 15.3. The minimum absolute atomic E-state index is 0.000588. The molecule has 0 spiro atoms. The lowest BCUT2D eigenvalue weighted by molar-refractivity contribution is -0.140. The first-order valence-corrected chi connectivity index (χ1v) is 17.4. The van der Waals surface area contributed by atoms with Crippen molar-refractivity contribution in [2.75, 3.05) is 67.5 Å². The first kappa shape index (κ1) is 32.8. The molecule has 3 heterocycles. The molecular weight excluding hydrogens is 608 g/mol. The van der Waals surface area contributed by atoms with E-state index in [4.69, 9.17) is 4.74 Å². The summed E-state index contributed by atoms with van der Waals surface area (Å²) in [6.45, 7) is 1.52. The number of nitrogens with zero attached hydrogens (tertiary/aromatic N) is 5. The predicted molar refractivity (Wildman–Crippen MR) is 168 cm³/mol. The molecule has 0 atom stereocenters. The molecule has 1 saturated heterocycles. The van der Waals surface area contributed by atoms with Gasteiger partial charge in [0, 0.05) is 44.0 Å². The van der Waals surface area contributed by atoms with Crippen molar-refractivity contribution in [1.82, 2.24) is 20.2 Å². The molecule has 2 aromatic rings. The molecule has 2 N–H and O–H groups in total. The maximum Gasteiger partial charge on any atom is 0.342 e. The Morgan fingerprint density at radius 1 is 1.16 bits per heavy atom. The summed E-state index contributed by atoms with van der Waals surface area (Å²) in [5, 5.41) is 6.17. The van der Waals surface area contributed by atoms with Crippen LogP contribution in [0.15, 0.2) is 24.4 Å². The zero-order valence-electron chi connectivity index (χ0n) is 25.9. The van der Waals surface area contributed by atoms with E-state index in [0.29, 0.717) is 30.0 Å². The molecule has 2 amide bonds. The van der Waals surface area contributed by atoms with Crippen molar-refractivity contribution >= 4 is 44.8 Å². The fourth-order valence-corrected chi connectivity index (χ4v) is 6.93. The summed E-state index contributed by atoms with van der Waals surface area (Å²) in [5.74, 6) is -4.15. The number of rotatable bonds is 10. The summed E-state index contributed by atoms with van der Waals surface area (Å²) in [5.41, 5.74) is 1.10. The Morgan fingerprint density at radius 3 is 2.53 bits per heavy atom. The fourth-order valence-electron chi connectivity index (χ4n) is 6.28. The van der Waals surface area contributed by atoms with E-state index in [0.717, 1.165) is 56.5 Å². The Morgan fingerprint density at radius 2 is 1.87 bits per heavy atom. The van der Waals surface area contributed by atoms with E-state index in [1.165, 1.54) is 26.6 Å². The Bertz CT molecular complexity index is 1510. The number of benzene rings is 1. The molecule has 246 valence electrons. The Hall–Kier alpha value is -3.59. The van der Waals surface area contributed by atoms with Crippen LogP contribution in [0.3, 0.4) is 0 Å². The largest absolute Gasteiger partial charge is 0.495 e.